The van der Waals surface area contributed by atoms with Gasteiger partial charge in [-0.25, -0.2) is 8.42 Å². The van der Waals surface area contributed by atoms with Crippen LogP contribution < -0.4 is 5.32 Å². The zero-order chi connectivity index (χ0) is 13.2. The molecule has 0 bridgehead atoms. The van der Waals surface area contributed by atoms with Crippen molar-refractivity contribution < 1.29 is 13.2 Å². The molecule has 2 rings (SSSR count). The summed E-state index contributed by atoms with van der Waals surface area (Å²) >= 11 is 0. The first kappa shape index (κ1) is 14.2. The van der Waals surface area contributed by atoms with Crippen LogP contribution in [-0.4, -0.2) is 56.9 Å². The molecular formula is C12H24N2O3S. The molecule has 0 aromatic heterocycles. The predicted molar refractivity (Wildman–Crippen MR) is 71.0 cm³/mol. The summed E-state index contributed by atoms with van der Waals surface area (Å²) in [6, 6.07) is -0.0391. The van der Waals surface area contributed by atoms with E-state index >= 15 is 0 Å². The minimum absolute atomic E-state index is 0.000422. The second kappa shape index (κ2) is 5.86. The normalized spacial score (nSPS) is 35.6. The topological polar surface area (TPSA) is 58.6 Å². The molecule has 2 fully saturated rings. The van der Waals surface area contributed by atoms with Gasteiger partial charge in [-0.2, -0.15) is 4.31 Å². The molecular weight excluding hydrogens is 252 g/mol. The van der Waals surface area contributed by atoms with Crippen molar-refractivity contribution in [3.8, 4) is 0 Å². The van der Waals surface area contributed by atoms with Gasteiger partial charge in [0.25, 0.3) is 0 Å². The summed E-state index contributed by atoms with van der Waals surface area (Å²) in [5.74, 6) is 0.533. The number of morpholine rings is 1. The SMILES string of the molecule is CC1CN(S(=O)(=O)CC2CCCNC2)C(C)CO1. The third-order valence-electron chi connectivity index (χ3n) is 3.75. The monoisotopic (exact) mass is 276 g/mol. The van der Waals surface area contributed by atoms with E-state index in [4.69, 9.17) is 4.74 Å². The second-order valence-electron chi connectivity index (χ2n) is 5.55. The number of sulfonamides is 1. The van der Waals surface area contributed by atoms with Crippen molar-refractivity contribution in [1.29, 1.82) is 0 Å². The van der Waals surface area contributed by atoms with E-state index in [9.17, 15) is 8.42 Å². The zero-order valence-corrected chi connectivity index (χ0v) is 12.1. The zero-order valence-electron chi connectivity index (χ0n) is 11.3. The summed E-state index contributed by atoms with van der Waals surface area (Å²) in [6.07, 6.45) is 2.09. The quantitative estimate of drug-likeness (QED) is 0.812. The summed E-state index contributed by atoms with van der Waals surface area (Å²) < 4.78 is 32.0. The Balaban J connectivity index is 2.00. The summed E-state index contributed by atoms with van der Waals surface area (Å²) in [5.41, 5.74) is 0. The Hall–Kier alpha value is -0.170. The van der Waals surface area contributed by atoms with Crippen molar-refractivity contribution >= 4 is 10.0 Å². The van der Waals surface area contributed by atoms with Crippen molar-refractivity contribution in [2.45, 2.75) is 38.8 Å². The van der Waals surface area contributed by atoms with E-state index in [1.807, 2.05) is 13.8 Å². The number of nitrogens with one attached hydrogen (secondary N) is 1. The highest BCUT2D eigenvalue weighted by molar-refractivity contribution is 7.89. The van der Waals surface area contributed by atoms with Crippen LogP contribution in [0.25, 0.3) is 0 Å². The van der Waals surface area contributed by atoms with E-state index in [1.165, 1.54) is 0 Å². The van der Waals surface area contributed by atoms with Crippen molar-refractivity contribution in [2.75, 3.05) is 32.0 Å². The minimum Gasteiger partial charge on any atom is -0.375 e. The maximum Gasteiger partial charge on any atom is 0.214 e. The van der Waals surface area contributed by atoms with Crippen LogP contribution in [0.5, 0.6) is 0 Å². The van der Waals surface area contributed by atoms with Crippen molar-refractivity contribution in [3.63, 3.8) is 0 Å². The van der Waals surface area contributed by atoms with Gasteiger partial charge in [0.05, 0.1) is 18.5 Å². The van der Waals surface area contributed by atoms with Crippen LogP contribution >= 0.6 is 0 Å². The average molecular weight is 276 g/mol. The van der Waals surface area contributed by atoms with Crippen LogP contribution in [0.15, 0.2) is 0 Å². The molecule has 3 unspecified atom stereocenters. The lowest BCUT2D eigenvalue weighted by Crippen LogP contribution is -2.52. The van der Waals surface area contributed by atoms with Gasteiger partial charge < -0.3 is 10.1 Å². The van der Waals surface area contributed by atoms with Gasteiger partial charge in [0.1, 0.15) is 0 Å². The van der Waals surface area contributed by atoms with E-state index in [1.54, 1.807) is 4.31 Å². The highest BCUT2D eigenvalue weighted by atomic mass is 32.2. The summed E-state index contributed by atoms with van der Waals surface area (Å²) in [5, 5.41) is 3.27. The molecule has 2 aliphatic heterocycles. The lowest BCUT2D eigenvalue weighted by Gasteiger charge is -2.36. The van der Waals surface area contributed by atoms with Gasteiger partial charge in [-0.15, -0.1) is 0 Å². The first-order valence-corrected chi connectivity index (χ1v) is 8.42. The molecule has 0 aromatic carbocycles. The molecule has 6 heteroatoms. The van der Waals surface area contributed by atoms with Crippen molar-refractivity contribution in [3.05, 3.63) is 0 Å². The molecule has 0 amide bonds. The maximum absolute atomic E-state index is 12.5. The molecule has 0 radical (unpaired) electrons. The van der Waals surface area contributed by atoms with E-state index in [-0.39, 0.29) is 23.8 Å². The standard InChI is InChI=1S/C12H24N2O3S/c1-10-8-17-11(2)7-14(10)18(15,16)9-12-4-3-5-13-6-12/h10-13H,3-9H2,1-2H3. The Morgan fingerprint density at radius 2 is 2.17 bits per heavy atom. The number of hydrogen-bond acceptors (Lipinski definition) is 4. The molecule has 3 atom stereocenters. The van der Waals surface area contributed by atoms with E-state index in [2.05, 4.69) is 5.32 Å². The van der Waals surface area contributed by atoms with Gasteiger partial charge in [0.15, 0.2) is 0 Å². The first-order chi connectivity index (χ1) is 8.49. The highest BCUT2D eigenvalue weighted by Gasteiger charge is 2.34. The number of piperidine rings is 1. The average Bonchev–Trinajstić information content (AvgIpc) is 2.33. The molecule has 106 valence electrons. The molecule has 0 aliphatic carbocycles. The third-order valence-corrected chi connectivity index (χ3v) is 5.87. The Morgan fingerprint density at radius 3 is 2.83 bits per heavy atom. The highest BCUT2D eigenvalue weighted by Crippen LogP contribution is 2.20. The van der Waals surface area contributed by atoms with E-state index in [0.29, 0.717) is 13.2 Å². The fourth-order valence-corrected chi connectivity index (χ4v) is 4.84. The Bertz CT molecular complexity index is 366. The van der Waals surface area contributed by atoms with Crippen LogP contribution in [0.1, 0.15) is 26.7 Å². The second-order valence-corrected chi connectivity index (χ2v) is 7.52. The fraction of sp³-hybridized carbons (Fsp3) is 1.00. The van der Waals surface area contributed by atoms with E-state index in [0.717, 1.165) is 25.9 Å². The van der Waals surface area contributed by atoms with Crippen LogP contribution in [0.3, 0.4) is 0 Å². The van der Waals surface area contributed by atoms with Crippen LogP contribution in [0.4, 0.5) is 0 Å². The van der Waals surface area contributed by atoms with Gasteiger partial charge >= 0.3 is 0 Å². The number of nitrogens with zero attached hydrogens (tertiary/aromatic N) is 1. The summed E-state index contributed by atoms with van der Waals surface area (Å²) in [6.45, 7) is 6.68. The number of rotatable bonds is 3. The number of ether oxygens (including phenoxy) is 1. The molecule has 5 nitrogen and oxygen atoms in total. The minimum atomic E-state index is -3.15. The van der Waals surface area contributed by atoms with Gasteiger partial charge in [-0.1, -0.05) is 0 Å². The Kier molecular flexibility index (Phi) is 4.64. The van der Waals surface area contributed by atoms with Gasteiger partial charge in [0.2, 0.25) is 10.0 Å². The molecule has 18 heavy (non-hydrogen) atoms. The maximum atomic E-state index is 12.5. The largest absolute Gasteiger partial charge is 0.375 e. The van der Waals surface area contributed by atoms with Crippen molar-refractivity contribution in [2.24, 2.45) is 5.92 Å². The predicted octanol–water partition coefficient (Wildman–Crippen LogP) is 0.425. The molecule has 1 N–H and O–H groups in total. The van der Waals surface area contributed by atoms with Crippen LogP contribution in [0, 0.1) is 5.92 Å². The molecule has 0 aromatic rings. The van der Waals surface area contributed by atoms with E-state index < -0.39 is 10.0 Å². The molecule has 2 saturated heterocycles. The molecule has 0 spiro atoms. The molecule has 0 saturated carbocycles. The van der Waals surface area contributed by atoms with Crippen molar-refractivity contribution in [1.82, 2.24) is 9.62 Å². The third kappa shape index (κ3) is 3.44. The molecule has 2 aliphatic rings. The van der Waals surface area contributed by atoms with Gasteiger partial charge in [-0.3, -0.25) is 0 Å². The summed E-state index contributed by atoms with van der Waals surface area (Å²) in [4.78, 5) is 0. The Morgan fingerprint density at radius 1 is 1.39 bits per heavy atom. The lowest BCUT2D eigenvalue weighted by atomic mass is 10.0. The molecule has 2 heterocycles. The number of hydrogen-bond donors (Lipinski definition) is 1. The first-order valence-electron chi connectivity index (χ1n) is 6.81. The van der Waals surface area contributed by atoms with Gasteiger partial charge in [0, 0.05) is 12.6 Å². The van der Waals surface area contributed by atoms with Crippen LogP contribution in [-0.2, 0) is 14.8 Å². The van der Waals surface area contributed by atoms with Gasteiger partial charge in [-0.05, 0) is 45.7 Å². The van der Waals surface area contributed by atoms with Crippen LogP contribution in [0.2, 0.25) is 0 Å². The lowest BCUT2D eigenvalue weighted by molar-refractivity contribution is -0.0171. The Labute approximate surface area is 110 Å². The summed E-state index contributed by atoms with van der Waals surface area (Å²) in [7, 11) is -3.15. The fourth-order valence-electron chi connectivity index (χ4n) is 2.72. The smallest absolute Gasteiger partial charge is 0.214 e.